The van der Waals surface area contributed by atoms with Gasteiger partial charge >= 0.3 is 0 Å². The van der Waals surface area contributed by atoms with Gasteiger partial charge in [0, 0.05) is 40.2 Å². The Hall–Kier alpha value is -2.41. The zero-order valence-corrected chi connectivity index (χ0v) is 16.3. The number of hydrogen-bond donors (Lipinski definition) is 1. The standard InChI is InChI=1S/C19H19BrN4O2/c1-11-8-14(20)9-13-4-3-7-23(18(11)13)17(25)10-15-12(2)22-16-5-6-21-24(16)19(15)26/h5-6,8-9,21H,3-4,7,10H2,1-2H3. The third-order valence-electron chi connectivity index (χ3n) is 4.92. The van der Waals surface area contributed by atoms with Gasteiger partial charge in [-0.1, -0.05) is 15.9 Å². The van der Waals surface area contributed by atoms with Gasteiger partial charge in [0.05, 0.1) is 6.42 Å². The first-order valence-corrected chi connectivity index (χ1v) is 9.40. The third kappa shape index (κ3) is 2.76. The van der Waals surface area contributed by atoms with Crippen LogP contribution in [0, 0.1) is 13.8 Å². The molecule has 0 radical (unpaired) electrons. The second-order valence-corrected chi connectivity index (χ2v) is 7.61. The van der Waals surface area contributed by atoms with Crippen molar-refractivity contribution in [2.75, 3.05) is 11.4 Å². The Bertz CT molecular complexity index is 1080. The largest absolute Gasteiger partial charge is 0.312 e. The molecule has 2 aromatic heterocycles. The average Bonchev–Trinajstić information content (AvgIpc) is 3.06. The van der Waals surface area contributed by atoms with Crippen LogP contribution in [0.3, 0.4) is 0 Å². The molecule has 0 unspecified atom stereocenters. The summed E-state index contributed by atoms with van der Waals surface area (Å²) in [4.78, 5) is 32.0. The first-order valence-electron chi connectivity index (χ1n) is 8.60. The molecule has 0 fully saturated rings. The first-order chi connectivity index (χ1) is 12.5. The van der Waals surface area contributed by atoms with Crippen LogP contribution in [0.1, 0.15) is 28.8 Å². The third-order valence-corrected chi connectivity index (χ3v) is 5.37. The molecule has 26 heavy (non-hydrogen) atoms. The van der Waals surface area contributed by atoms with Gasteiger partial charge < -0.3 is 4.90 Å². The monoisotopic (exact) mass is 414 g/mol. The average molecular weight is 415 g/mol. The van der Waals surface area contributed by atoms with Crippen LogP contribution in [0.25, 0.3) is 5.65 Å². The molecule has 6 nitrogen and oxygen atoms in total. The van der Waals surface area contributed by atoms with Crippen molar-refractivity contribution < 1.29 is 4.79 Å². The van der Waals surface area contributed by atoms with Gasteiger partial charge in [-0.3, -0.25) is 14.7 Å². The molecule has 7 heteroatoms. The van der Waals surface area contributed by atoms with E-state index in [0.29, 0.717) is 23.4 Å². The highest BCUT2D eigenvalue weighted by Gasteiger charge is 2.26. The molecular weight excluding hydrogens is 396 g/mol. The van der Waals surface area contributed by atoms with Crippen LogP contribution in [-0.4, -0.2) is 27.0 Å². The van der Waals surface area contributed by atoms with Crippen LogP contribution < -0.4 is 10.5 Å². The van der Waals surface area contributed by atoms with Crippen molar-refractivity contribution in [1.29, 1.82) is 0 Å². The minimum absolute atomic E-state index is 0.0502. The summed E-state index contributed by atoms with van der Waals surface area (Å²) in [5.74, 6) is -0.0649. The second-order valence-electron chi connectivity index (χ2n) is 6.69. The number of hydrogen-bond acceptors (Lipinski definition) is 3. The summed E-state index contributed by atoms with van der Waals surface area (Å²) >= 11 is 3.53. The van der Waals surface area contributed by atoms with E-state index in [1.54, 1.807) is 19.2 Å². The summed E-state index contributed by atoms with van der Waals surface area (Å²) in [6, 6.07) is 5.84. The Morgan fingerprint density at radius 1 is 1.35 bits per heavy atom. The van der Waals surface area contributed by atoms with E-state index in [1.807, 2.05) is 17.9 Å². The summed E-state index contributed by atoms with van der Waals surface area (Å²) in [6.07, 6.45) is 3.59. The van der Waals surface area contributed by atoms with Crippen molar-refractivity contribution in [3.05, 3.63) is 61.6 Å². The lowest BCUT2D eigenvalue weighted by Crippen LogP contribution is -2.38. The number of rotatable bonds is 2. The highest BCUT2D eigenvalue weighted by atomic mass is 79.9. The van der Waals surface area contributed by atoms with Crippen LogP contribution >= 0.6 is 15.9 Å². The van der Waals surface area contributed by atoms with E-state index in [9.17, 15) is 9.59 Å². The van der Waals surface area contributed by atoms with Crippen molar-refractivity contribution >= 4 is 33.2 Å². The van der Waals surface area contributed by atoms with Gasteiger partial charge in [0.1, 0.15) is 0 Å². The van der Waals surface area contributed by atoms with E-state index in [0.717, 1.165) is 28.6 Å². The fourth-order valence-corrected chi connectivity index (χ4v) is 4.35. The summed E-state index contributed by atoms with van der Waals surface area (Å²) in [7, 11) is 0. The number of carbonyl (C=O) groups is 1. The lowest BCUT2D eigenvalue weighted by atomic mass is 9.97. The lowest BCUT2D eigenvalue weighted by molar-refractivity contribution is -0.118. The molecular formula is C19H19BrN4O2. The molecule has 4 rings (SSSR count). The summed E-state index contributed by atoms with van der Waals surface area (Å²) in [6.45, 7) is 4.47. The molecule has 0 aliphatic carbocycles. The number of H-pyrrole nitrogens is 1. The Balaban J connectivity index is 1.72. The minimum atomic E-state index is -0.212. The fourth-order valence-electron chi connectivity index (χ4n) is 3.73. The molecule has 1 N–H and O–H groups in total. The number of amides is 1. The van der Waals surface area contributed by atoms with E-state index in [-0.39, 0.29) is 17.9 Å². The van der Waals surface area contributed by atoms with E-state index in [1.165, 1.54) is 10.1 Å². The number of aromatic amines is 1. The number of benzene rings is 1. The number of anilines is 1. The van der Waals surface area contributed by atoms with Crippen LogP contribution in [0.5, 0.6) is 0 Å². The number of carbonyl (C=O) groups excluding carboxylic acids is 1. The second kappa shape index (κ2) is 6.39. The maximum Gasteiger partial charge on any atom is 0.276 e. The molecule has 1 aliphatic heterocycles. The number of fused-ring (bicyclic) bond motifs is 2. The quantitative estimate of drug-likeness (QED) is 0.700. The molecule has 3 heterocycles. The minimum Gasteiger partial charge on any atom is -0.312 e. The molecule has 3 aromatic rings. The Morgan fingerprint density at radius 3 is 2.96 bits per heavy atom. The fraction of sp³-hybridized carbons (Fsp3) is 0.316. The number of aromatic nitrogens is 3. The van der Waals surface area contributed by atoms with Gasteiger partial charge in [0.15, 0.2) is 5.65 Å². The van der Waals surface area contributed by atoms with Gasteiger partial charge in [-0.05, 0) is 49.9 Å². The molecule has 0 saturated carbocycles. The number of nitrogens with zero attached hydrogens (tertiary/aromatic N) is 3. The van der Waals surface area contributed by atoms with Crippen molar-refractivity contribution in [2.24, 2.45) is 0 Å². The van der Waals surface area contributed by atoms with Crippen molar-refractivity contribution in [1.82, 2.24) is 14.6 Å². The van der Waals surface area contributed by atoms with E-state index >= 15 is 0 Å². The van der Waals surface area contributed by atoms with E-state index < -0.39 is 0 Å². The lowest BCUT2D eigenvalue weighted by Gasteiger charge is -2.31. The van der Waals surface area contributed by atoms with Crippen molar-refractivity contribution in [2.45, 2.75) is 33.1 Å². The number of halogens is 1. The van der Waals surface area contributed by atoms with Crippen LogP contribution in [0.15, 0.2) is 33.7 Å². The number of nitrogens with one attached hydrogen (secondary N) is 1. The van der Waals surface area contributed by atoms with Gasteiger partial charge in [0.25, 0.3) is 5.56 Å². The van der Waals surface area contributed by atoms with Gasteiger partial charge in [0.2, 0.25) is 5.91 Å². The molecule has 0 saturated heterocycles. The topological polar surface area (TPSA) is 70.5 Å². The number of aryl methyl sites for hydroxylation is 3. The summed E-state index contributed by atoms with van der Waals surface area (Å²) in [5.41, 5.74) is 4.61. The Morgan fingerprint density at radius 2 is 2.15 bits per heavy atom. The highest BCUT2D eigenvalue weighted by Crippen LogP contribution is 2.33. The van der Waals surface area contributed by atoms with Crippen LogP contribution in [0.2, 0.25) is 0 Å². The Kier molecular flexibility index (Phi) is 4.19. The normalized spacial score (nSPS) is 13.9. The van der Waals surface area contributed by atoms with Gasteiger partial charge in [-0.15, -0.1) is 0 Å². The highest BCUT2D eigenvalue weighted by molar-refractivity contribution is 9.10. The van der Waals surface area contributed by atoms with Crippen LogP contribution in [-0.2, 0) is 17.6 Å². The molecule has 0 spiro atoms. The molecule has 0 atom stereocenters. The molecule has 1 aliphatic rings. The van der Waals surface area contributed by atoms with Gasteiger partial charge in [-0.25, -0.2) is 9.50 Å². The van der Waals surface area contributed by atoms with E-state index in [4.69, 9.17) is 0 Å². The molecule has 0 bridgehead atoms. The zero-order valence-electron chi connectivity index (χ0n) is 14.7. The molecule has 1 aromatic carbocycles. The van der Waals surface area contributed by atoms with Gasteiger partial charge in [-0.2, -0.15) is 0 Å². The predicted molar refractivity (Wildman–Crippen MR) is 104 cm³/mol. The smallest absolute Gasteiger partial charge is 0.276 e. The van der Waals surface area contributed by atoms with E-state index in [2.05, 4.69) is 32.1 Å². The SMILES string of the molecule is Cc1cc(Br)cc2c1N(C(=O)Cc1c(C)nc3cc[nH]n3c1=O)CCC2. The first kappa shape index (κ1) is 17.0. The maximum absolute atomic E-state index is 13.1. The van der Waals surface area contributed by atoms with Crippen LogP contribution in [0.4, 0.5) is 5.69 Å². The van der Waals surface area contributed by atoms with Crippen molar-refractivity contribution in [3.8, 4) is 0 Å². The summed E-state index contributed by atoms with van der Waals surface area (Å²) in [5, 5.41) is 2.85. The maximum atomic E-state index is 13.1. The zero-order chi connectivity index (χ0) is 18.4. The van der Waals surface area contributed by atoms with Crippen molar-refractivity contribution in [3.63, 3.8) is 0 Å². The Labute approximate surface area is 159 Å². The molecule has 134 valence electrons. The summed E-state index contributed by atoms with van der Waals surface area (Å²) < 4.78 is 2.40. The predicted octanol–water partition coefficient (Wildman–Crippen LogP) is 2.92. The molecule has 1 amide bonds.